The molecular weight excluding hydrogens is 226 g/mol. The van der Waals surface area contributed by atoms with E-state index in [2.05, 4.69) is 40.5 Å². The Morgan fingerprint density at radius 3 is 2.89 bits per heavy atom. The zero-order valence-electron chi connectivity index (χ0n) is 11.1. The van der Waals surface area contributed by atoms with Gasteiger partial charge in [0.05, 0.1) is 17.4 Å². The van der Waals surface area contributed by atoms with Gasteiger partial charge in [-0.2, -0.15) is 0 Å². The van der Waals surface area contributed by atoms with Crippen LogP contribution in [0, 0.1) is 6.92 Å². The summed E-state index contributed by atoms with van der Waals surface area (Å²) in [6.45, 7) is 5.08. The molecule has 2 aromatic heterocycles. The lowest BCUT2D eigenvalue weighted by molar-refractivity contribution is 0.530. The maximum Gasteiger partial charge on any atom is 0.0846 e. The van der Waals surface area contributed by atoms with Crippen LogP contribution < -0.4 is 5.32 Å². The molecule has 0 aliphatic rings. The molecule has 0 spiro atoms. The van der Waals surface area contributed by atoms with E-state index in [4.69, 9.17) is 0 Å². The number of hydrogen-bond acceptors (Lipinski definition) is 4. The molecule has 1 atom stereocenters. The maximum absolute atomic E-state index is 4.44. The fourth-order valence-corrected chi connectivity index (χ4v) is 1.98. The Hall–Kier alpha value is -1.75. The summed E-state index contributed by atoms with van der Waals surface area (Å²) in [6.07, 6.45) is 4.60. The van der Waals surface area contributed by atoms with Gasteiger partial charge in [0.25, 0.3) is 0 Å². The quantitative estimate of drug-likeness (QED) is 0.865. The number of rotatable bonds is 5. The Morgan fingerprint density at radius 2 is 2.28 bits per heavy atom. The molecule has 0 bridgehead atoms. The van der Waals surface area contributed by atoms with Crippen LogP contribution in [0.25, 0.3) is 0 Å². The summed E-state index contributed by atoms with van der Waals surface area (Å²) in [4.78, 5) is 4.44. The van der Waals surface area contributed by atoms with Gasteiger partial charge in [-0.3, -0.25) is 9.67 Å². The van der Waals surface area contributed by atoms with Gasteiger partial charge in [-0.1, -0.05) is 12.1 Å². The first-order valence-electron chi connectivity index (χ1n) is 6.20. The Bertz CT molecular complexity index is 506. The van der Waals surface area contributed by atoms with E-state index >= 15 is 0 Å². The van der Waals surface area contributed by atoms with Gasteiger partial charge in [-0.05, 0) is 31.2 Å². The molecule has 0 aromatic carbocycles. The average molecular weight is 245 g/mol. The summed E-state index contributed by atoms with van der Waals surface area (Å²) in [5, 5.41) is 11.5. The van der Waals surface area contributed by atoms with Crippen LogP contribution in [0.5, 0.6) is 0 Å². The first-order valence-corrected chi connectivity index (χ1v) is 6.20. The normalized spacial score (nSPS) is 12.6. The minimum absolute atomic E-state index is 0.187. The molecule has 0 saturated carbocycles. The van der Waals surface area contributed by atoms with Crippen molar-refractivity contribution in [1.29, 1.82) is 0 Å². The molecule has 96 valence electrons. The maximum atomic E-state index is 4.44. The van der Waals surface area contributed by atoms with Crippen LogP contribution in [0.2, 0.25) is 0 Å². The van der Waals surface area contributed by atoms with Gasteiger partial charge >= 0.3 is 0 Å². The van der Waals surface area contributed by atoms with Crippen LogP contribution in [-0.2, 0) is 13.5 Å². The highest BCUT2D eigenvalue weighted by atomic mass is 15.4. The molecule has 1 unspecified atom stereocenters. The summed E-state index contributed by atoms with van der Waals surface area (Å²) in [5.74, 6) is 0. The van der Waals surface area contributed by atoms with Crippen LogP contribution in [-0.4, -0.2) is 26.5 Å². The standard InChI is InChI=1S/C13H19N5/c1-4-14-13(8-11-9-18(3)17-16-11)12-7-10(2)5-6-15-12/h5-7,9,13-14H,4,8H2,1-3H3. The number of aryl methyl sites for hydroxylation is 2. The SMILES string of the molecule is CCNC(Cc1cn(C)nn1)c1cc(C)ccn1. The van der Waals surface area contributed by atoms with Gasteiger partial charge in [-0.25, -0.2) is 0 Å². The smallest absolute Gasteiger partial charge is 0.0846 e. The molecule has 0 aliphatic heterocycles. The van der Waals surface area contributed by atoms with E-state index in [1.165, 1.54) is 5.56 Å². The van der Waals surface area contributed by atoms with Crippen LogP contribution in [0.4, 0.5) is 0 Å². The van der Waals surface area contributed by atoms with Gasteiger partial charge in [0.15, 0.2) is 0 Å². The lowest BCUT2D eigenvalue weighted by atomic mass is 10.1. The predicted molar refractivity (Wildman–Crippen MR) is 70.1 cm³/mol. The van der Waals surface area contributed by atoms with Crippen LogP contribution in [0.1, 0.15) is 29.9 Å². The lowest BCUT2D eigenvalue weighted by Crippen LogP contribution is -2.24. The molecule has 5 heteroatoms. The highest BCUT2D eigenvalue weighted by molar-refractivity contribution is 5.18. The van der Waals surface area contributed by atoms with Crippen molar-refractivity contribution in [1.82, 2.24) is 25.3 Å². The van der Waals surface area contributed by atoms with E-state index < -0.39 is 0 Å². The van der Waals surface area contributed by atoms with Crippen LogP contribution in [0.3, 0.4) is 0 Å². The third-order valence-electron chi connectivity index (χ3n) is 2.81. The Morgan fingerprint density at radius 1 is 1.44 bits per heavy atom. The van der Waals surface area contributed by atoms with Crippen molar-refractivity contribution in [2.24, 2.45) is 7.05 Å². The zero-order chi connectivity index (χ0) is 13.0. The second kappa shape index (κ2) is 5.73. The second-order valence-electron chi connectivity index (χ2n) is 4.46. The molecule has 0 fully saturated rings. The van der Waals surface area contributed by atoms with E-state index in [0.29, 0.717) is 0 Å². The summed E-state index contributed by atoms with van der Waals surface area (Å²) in [6, 6.07) is 4.31. The van der Waals surface area contributed by atoms with Crippen LogP contribution >= 0.6 is 0 Å². The largest absolute Gasteiger partial charge is 0.309 e. The zero-order valence-corrected chi connectivity index (χ0v) is 11.1. The fourth-order valence-electron chi connectivity index (χ4n) is 1.98. The van der Waals surface area contributed by atoms with E-state index in [1.54, 1.807) is 4.68 Å². The van der Waals surface area contributed by atoms with Crippen molar-refractivity contribution in [2.45, 2.75) is 26.3 Å². The Labute approximate surface area is 107 Å². The summed E-state index contributed by atoms with van der Waals surface area (Å²) in [5.41, 5.74) is 3.26. The Balaban J connectivity index is 2.17. The predicted octanol–water partition coefficient (Wildman–Crippen LogP) is 1.41. The van der Waals surface area contributed by atoms with Crippen molar-refractivity contribution in [3.05, 3.63) is 41.5 Å². The number of aromatic nitrogens is 4. The van der Waals surface area contributed by atoms with Gasteiger partial charge < -0.3 is 5.32 Å². The van der Waals surface area contributed by atoms with Gasteiger partial charge in [-0.15, -0.1) is 5.10 Å². The fraction of sp³-hybridized carbons (Fsp3) is 0.462. The highest BCUT2D eigenvalue weighted by Gasteiger charge is 2.14. The third-order valence-corrected chi connectivity index (χ3v) is 2.81. The molecule has 2 aromatic rings. The number of pyridine rings is 1. The van der Waals surface area contributed by atoms with E-state index in [0.717, 1.165) is 24.4 Å². The van der Waals surface area contributed by atoms with E-state index in [1.807, 2.05) is 25.5 Å². The molecule has 2 heterocycles. The number of nitrogens with one attached hydrogen (secondary N) is 1. The Kier molecular flexibility index (Phi) is 4.04. The monoisotopic (exact) mass is 245 g/mol. The second-order valence-corrected chi connectivity index (χ2v) is 4.46. The summed E-state index contributed by atoms with van der Waals surface area (Å²) >= 11 is 0. The third kappa shape index (κ3) is 3.13. The van der Waals surface area contributed by atoms with Crippen molar-refractivity contribution in [3.8, 4) is 0 Å². The first-order chi connectivity index (χ1) is 8.69. The number of nitrogens with zero attached hydrogens (tertiary/aromatic N) is 4. The molecule has 18 heavy (non-hydrogen) atoms. The number of likely N-dealkylation sites (N-methyl/N-ethyl adjacent to an activating group) is 1. The summed E-state index contributed by atoms with van der Waals surface area (Å²) < 4.78 is 1.72. The molecule has 5 nitrogen and oxygen atoms in total. The van der Waals surface area contributed by atoms with Crippen molar-refractivity contribution >= 4 is 0 Å². The summed E-state index contributed by atoms with van der Waals surface area (Å²) in [7, 11) is 1.88. The lowest BCUT2D eigenvalue weighted by Gasteiger charge is -2.16. The molecule has 0 radical (unpaired) electrons. The minimum Gasteiger partial charge on any atom is -0.309 e. The topological polar surface area (TPSA) is 55.6 Å². The minimum atomic E-state index is 0.187. The molecule has 1 N–H and O–H groups in total. The van der Waals surface area contributed by atoms with E-state index in [-0.39, 0.29) is 6.04 Å². The molecule has 0 amide bonds. The highest BCUT2D eigenvalue weighted by Crippen LogP contribution is 2.16. The van der Waals surface area contributed by atoms with Crippen molar-refractivity contribution < 1.29 is 0 Å². The first kappa shape index (κ1) is 12.7. The molecular formula is C13H19N5. The number of hydrogen-bond donors (Lipinski definition) is 1. The van der Waals surface area contributed by atoms with E-state index in [9.17, 15) is 0 Å². The average Bonchev–Trinajstić information content (AvgIpc) is 2.74. The molecule has 2 rings (SSSR count). The van der Waals surface area contributed by atoms with Crippen LogP contribution in [0.15, 0.2) is 24.5 Å². The molecule has 0 saturated heterocycles. The molecule has 0 aliphatic carbocycles. The van der Waals surface area contributed by atoms with Gasteiger partial charge in [0.2, 0.25) is 0 Å². The van der Waals surface area contributed by atoms with Gasteiger partial charge in [0, 0.05) is 25.9 Å². The van der Waals surface area contributed by atoms with Crippen molar-refractivity contribution in [3.63, 3.8) is 0 Å². The van der Waals surface area contributed by atoms with Gasteiger partial charge in [0.1, 0.15) is 0 Å². The van der Waals surface area contributed by atoms with Crippen molar-refractivity contribution in [2.75, 3.05) is 6.54 Å².